The SMILES string of the molecule is Cc1ccc(C)c(C(C)NCCCN2CCC(C)CC2)c1. The van der Waals surface area contributed by atoms with Crippen molar-refractivity contribution in [3.63, 3.8) is 0 Å². The summed E-state index contributed by atoms with van der Waals surface area (Å²) in [6.07, 6.45) is 4.02. The molecule has 0 aromatic heterocycles. The normalized spacial score (nSPS) is 18.9. The highest BCUT2D eigenvalue weighted by Gasteiger charge is 2.15. The van der Waals surface area contributed by atoms with Crippen LogP contribution in [0.3, 0.4) is 0 Å². The Morgan fingerprint density at radius 1 is 1.24 bits per heavy atom. The Hall–Kier alpha value is -0.860. The van der Waals surface area contributed by atoms with Gasteiger partial charge in [0.15, 0.2) is 0 Å². The van der Waals surface area contributed by atoms with Crippen LogP contribution >= 0.6 is 0 Å². The van der Waals surface area contributed by atoms with Crippen LogP contribution in [0.2, 0.25) is 0 Å². The van der Waals surface area contributed by atoms with E-state index in [-0.39, 0.29) is 0 Å². The molecule has 0 spiro atoms. The smallest absolute Gasteiger partial charge is 0.0294 e. The number of aryl methyl sites for hydroxylation is 2. The highest BCUT2D eigenvalue weighted by Crippen LogP contribution is 2.19. The van der Waals surface area contributed by atoms with Crippen LogP contribution in [0.5, 0.6) is 0 Å². The van der Waals surface area contributed by atoms with E-state index in [1.54, 1.807) is 0 Å². The van der Waals surface area contributed by atoms with Crippen LogP contribution in [0, 0.1) is 19.8 Å². The number of piperidine rings is 1. The van der Waals surface area contributed by atoms with E-state index in [0.29, 0.717) is 6.04 Å². The lowest BCUT2D eigenvalue weighted by Crippen LogP contribution is -2.35. The Balaban J connectivity index is 1.69. The molecule has 1 fully saturated rings. The largest absolute Gasteiger partial charge is 0.310 e. The molecule has 2 nitrogen and oxygen atoms in total. The van der Waals surface area contributed by atoms with E-state index in [1.807, 2.05) is 0 Å². The molecule has 21 heavy (non-hydrogen) atoms. The average molecular weight is 288 g/mol. The first-order valence-electron chi connectivity index (χ1n) is 8.59. The number of nitrogens with one attached hydrogen (secondary N) is 1. The highest BCUT2D eigenvalue weighted by molar-refractivity contribution is 5.32. The number of hydrogen-bond donors (Lipinski definition) is 1. The van der Waals surface area contributed by atoms with Gasteiger partial charge in [-0.2, -0.15) is 0 Å². The van der Waals surface area contributed by atoms with E-state index in [1.165, 1.54) is 55.6 Å². The van der Waals surface area contributed by atoms with Crippen LogP contribution in [0.25, 0.3) is 0 Å². The lowest BCUT2D eigenvalue weighted by molar-refractivity contribution is 0.190. The number of benzene rings is 1. The van der Waals surface area contributed by atoms with Gasteiger partial charge in [-0.1, -0.05) is 30.7 Å². The molecule has 1 heterocycles. The standard InChI is InChI=1S/C19H32N2/c1-15-8-12-21(13-9-15)11-5-10-20-18(4)19-14-16(2)6-7-17(19)3/h6-7,14-15,18,20H,5,8-13H2,1-4H3. The van der Waals surface area contributed by atoms with Crippen molar-refractivity contribution in [3.8, 4) is 0 Å². The second-order valence-electron chi connectivity index (χ2n) is 6.91. The van der Waals surface area contributed by atoms with Crippen LogP contribution < -0.4 is 5.32 Å². The van der Waals surface area contributed by atoms with Crippen molar-refractivity contribution in [3.05, 3.63) is 34.9 Å². The van der Waals surface area contributed by atoms with Gasteiger partial charge in [0, 0.05) is 6.04 Å². The minimum absolute atomic E-state index is 0.450. The van der Waals surface area contributed by atoms with Gasteiger partial charge in [-0.25, -0.2) is 0 Å². The maximum atomic E-state index is 3.69. The zero-order chi connectivity index (χ0) is 15.2. The molecular weight excluding hydrogens is 256 g/mol. The molecule has 0 amide bonds. The molecule has 1 N–H and O–H groups in total. The predicted octanol–water partition coefficient (Wildman–Crippen LogP) is 4.08. The molecule has 2 heteroatoms. The zero-order valence-corrected chi connectivity index (χ0v) is 14.3. The first-order valence-corrected chi connectivity index (χ1v) is 8.59. The van der Waals surface area contributed by atoms with Crippen molar-refractivity contribution < 1.29 is 0 Å². The summed E-state index contributed by atoms with van der Waals surface area (Å²) >= 11 is 0. The minimum atomic E-state index is 0.450. The molecule has 1 saturated heterocycles. The molecule has 1 aromatic carbocycles. The average Bonchev–Trinajstić information content (AvgIpc) is 2.47. The fourth-order valence-corrected chi connectivity index (χ4v) is 3.24. The van der Waals surface area contributed by atoms with Crippen molar-refractivity contribution >= 4 is 0 Å². The summed E-state index contributed by atoms with van der Waals surface area (Å²) in [6, 6.07) is 7.20. The Kier molecular flexibility index (Phi) is 6.25. The molecule has 0 aliphatic carbocycles. The maximum absolute atomic E-state index is 3.69. The Bertz CT molecular complexity index is 433. The molecule has 2 rings (SSSR count). The van der Waals surface area contributed by atoms with E-state index in [4.69, 9.17) is 0 Å². The first-order chi connectivity index (χ1) is 10.1. The van der Waals surface area contributed by atoms with Gasteiger partial charge in [0.2, 0.25) is 0 Å². The molecule has 1 aromatic rings. The van der Waals surface area contributed by atoms with Crippen LogP contribution in [0.4, 0.5) is 0 Å². The lowest BCUT2D eigenvalue weighted by Gasteiger charge is -2.30. The van der Waals surface area contributed by atoms with Crippen LogP contribution in [0.15, 0.2) is 18.2 Å². The van der Waals surface area contributed by atoms with Crippen molar-refractivity contribution in [2.45, 2.75) is 53.0 Å². The Labute approximate surface area is 130 Å². The van der Waals surface area contributed by atoms with Crippen molar-refractivity contribution in [2.75, 3.05) is 26.2 Å². The van der Waals surface area contributed by atoms with E-state index in [0.717, 1.165) is 12.5 Å². The predicted molar refractivity (Wildman–Crippen MR) is 91.8 cm³/mol. The summed E-state index contributed by atoms with van der Waals surface area (Å²) in [5.74, 6) is 0.934. The van der Waals surface area contributed by atoms with Gasteiger partial charge in [-0.3, -0.25) is 0 Å². The minimum Gasteiger partial charge on any atom is -0.310 e. The van der Waals surface area contributed by atoms with Gasteiger partial charge in [0.1, 0.15) is 0 Å². The third-order valence-corrected chi connectivity index (χ3v) is 4.88. The van der Waals surface area contributed by atoms with Gasteiger partial charge in [0.25, 0.3) is 0 Å². The summed E-state index contributed by atoms with van der Waals surface area (Å²) in [5.41, 5.74) is 4.19. The van der Waals surface area contributed by atoms with Crippen LogP contribution in [0.1, 0.15) is 55.8 Å². The first kappa shape index (κ1) is 16.5. The molecule has 1 aliphatic rings. The van der Waals surface area contributed by atoms with Gasteiger partial charge in [-0.05, 0) is 83.3 Å². The summed E-state index contributed by atoms with van der Waals surface area (Å²) in [7, 11) is 0. The monoisotopic (exact) mass is 288 g/mol. The maximum Gasteiger partial charge on any atom is 0.0294 e. The number of likely N-dealkylation sites (tertiary alicyclic amines) is 1. The highest BCUT2D eigenvalue weighted by atomic mass is 15.1. The molecule has 0 bridgehead atoms. The number of nitrogens with zero attached hydrogens (tertiary/aromatic N) is 1. The summed E-state index contributed by atoms with van der Waals surface area (Å²) < 4.78 is 0. The van der Waals surface area contributed by atoms with Crippen molar-refractivity contribution in [1.82, 2.24) is 10.2 Å². The van der Waals surface area contributed by atoms with E-state index in [9.17, 15) is 0 Å². The fourth-order valence-electron chi connectivity index (χ4n) is 3.24. The zero-order valence-electron chi connectivity index (χ0n) is 14.3. The van der Waals surface area contributed by atoms with Crippen molar-refractivity contribution in [1.29, 1.82) is 0 Å². The quantitative estimate of drug-likeness (QED) is 0.794. The third kappa shape index (κ3) is 5.12. The number of rotatable bonds is 6. The molecule has 0 radical (unpaired) electrons. The van der Waals surface area contributed by atoms with Gasteiger partial charge >= 0.3 is 0 Å². The van der Waals surface area contributed by atoms with E-state index < -0.39 is 0 Å². The second kappa shape index (κ2) is 7.95. The molecule has 0 saturated carbocycles. The topological polar surface area (TPSA) is 15.3 Å². The van der Waals surface area contributed by atoms with Crippen LogP contribution in [-0.4, -0.2) is 31.1 Å². The fraction of sp³-hybridized carbons (Fsp3) is 0.684. The molecular formula is C19H32N2. The summed E-state index contributed by atoms with van der Waals surface area (Å²) in [6.45, 7) is 14.0. The van der Waals surface area contributed by atoms with Gasteiger partial charge < -0.3 is 10.2 Å². The summed E-state index contributed by atoms with van der Waals surface area (Å²) in [5, 5.41) is 3.69. The van der Waals surface area contributed by atoms with Gasteiger partial charge in [-0.15, -0.1) is 0 Å². The Morgan fingerprint density at radius 3 is 2.67 bits per heavy atom. The molecule has 118 valence electrons. The third-order valence-electron chi connectivity index (χ3n) is 4.88. The van der Waals surface area contributed by atoms with Crippen molar-refractivity contribution in [2.24, 2.45) is 5.92 Å². The Morgan fingerprint density at radius 2 is 1.95 bits per heavy atom. The van der Waals surface area contributed by atoms with E-state index in [2.05, 4.69) is 56.1 Å². The van der Waals surface area contributed by atoms with Crippen LogP contribution in [-0.2, 0) is 0 Å². The molecule has 1 aliphatic heterocycles. The number of hydrogen-bond acceptors (Lipinski definition) is 2. The molecule has 1 unspecified atom stereocenters. The van der Waals surface area contributed by atoms with E-state index >= 15 is 0 Å². The lowest BCUT2D eigenvalue weighted by atomic mass is 9.99. The van der Waals surface area contributed by atoms with Gasteiger partial charge in [0.05, 0.1) is 0 Å². The molecule has 1 atom stereocenters. The second-order valence-corrected chi connectivity index (χ2v) is 6.91. The summed E-state index contributed by atoms with van der Waals surface area (Å²) in [4.78, 5) is 2.63.